The maximum absolute atomic E-state index is 14.2. The monoisotopic (exact) mass is 388 g/mol. The van der Waals surface area contributed by atoms with E-state index in [9.17, 15) is 9.18 Å². The average Bonchev–Trinajstić information content (AvgIpc) is 2.70. The summed E-state index contributed by atoms with van der Waals surface area (Å²) in [7, 11) is 0. The lowest BCUT2D eigenvalue weighted by atomic mass is 10.2. The van der Waals surface area contributed by atoms with Crippen molar-refractivity contribution in [3.8, 4) is 17.2 Å². The molecule has 2 aromatic rings. The van der Waals surface area contributed by atoms with Gasteiger partial charge >= 0.3 is 5.97 Å². The third-order valence-electron chi connectivity index (χ3n) is 4.18. The zero-order valence-electron chi connectivity index (χ0n) is 16.7. The van der Waals surface area contributed by atoms with Gasteiger partial charge in [-0.1, -0.05) is 39.5 Å². The fourth-order valence-corrected chi connectivity index (χ4v) is 2.62. The van der Waals surface area contributed by atoms with Gasteiger partial charge in [-0.05, 0) is 49.2 Å². The van der Waals surface area contributed by atoms with Crippen LogP contribution in [0.5, 0.6) is 17.2 Å². The highest BCUT2D eigenvalue weighted by molar-refractivity contribution is 5.91. The van der Waals surface area contributed by atoms with E-state index in [1.807, 2.05) is 6.92 Å². The summed E-state index contributed by atoms with van der Waals surface area (Å²) in [6.45, 7) is 5.29. The molecule has 0 heterocycles. The van der Waals surface area contributed by atoms with Crippen LogP contribution in [0, 0.1) is 5.82 Å². The second kappa shape index (κ2) is 12.0. The molecule has 0 aromatic heterocycles. The van der Waals surface area contributed by atoms with Crippen LogP contribution < -0.4 is 14.2 Å². The number of benzene rings is 2. The maximum atomic E-state index is 14.2. The van der Waals surface area contributed by atoms with Crippen molar-refractivity contribution in [2.45, 2.75) is 52.4 Å². The Morgan fingerprint density at radius 2 is 1.54 bits per heavy atom. The van der Waals surface area contributed by atoms with Crippen LogP contribution in [-0.2, 0) is 0 Å². The minimum atomic E-state index is -0.550. The summed E-state index contributed by atoms with van der Waals surface area (Å²) in [5, 5.41) is 0. The molecule has 2 aromatic carbocycles. The Morgan fingerprint density at radius 3 is 2.21 bits per heavy atom. The molecule has 0 N–H and O–H groups in total. The van der Waals surface area contributed by atoms with Crippen LogP contribution in [0.3, 0.4) is 0 Å². The molecular weight excluding hydrogens is 359 g/mol. The molecule has 0 fully saturated rings. The van der Waals surface area contributed by atoms with E-state index in [1.165, 1.54) is 37.5 Å². The first-order valence-electron chi connectivity index (χ1n) is 10.0. The molecule has 5 heteroatoms. The van der Waals surface area contributed by atoms with E-state index >= 15 is 0 Å². The molecule has 152 valence electrons. The number of hydrogen-bond acceptors (Lipinski definition) is 4. The number of rotatable bonds is 12. The van der Waals surface area contributed by atoms with E-state index in [0.717, 1.165) is 19.3 Å². The largest absolute Gasteiger partial charge is 0.494 e. The van der Waals surface area contributed by atoms with Crippen molar-refractivity contribution in [2.24, 2.45) is 0 Å². The first kappa shape index (κ1) is 21.7. The molecule has 0 saturated carbocycles. The number of ether oxygens (including phenoxy) is 3. The lowest BCUT2D eigenvalue weighted by molar-refractivity contribution is 0.0734. The van der Waals surface area contributed by atoms with Crippen LogP contribution in [0.4, 0.5) is 4.39 Å². The Morgan fingerprint density at radius 1 is 0.821 bits per heavy atom. The first-order valence-corrected chi connectivity index (χ1v) is 10.0. The summed E-state index contributed by atoms with van der Waals surface area (Å²) in [6.07, 6.45) is 6.45. The quantitative estimate of drug-likeness (QED) is 0.247. The summed E-state index contributed by atoms with van der Waals surface area (Å²) in [6, 6.07) is 10.9. The van der Waals surface area contributed by atoms with Crippen LogP contribution in [0.25, 0.3) is 0 Å². The molecule has 28 heavy (non-hydrogen) atoms. The second-order valence-electron chi connectivity index (χ2n) is 6.62. The Hall–Kier alpha value is -2.56. The van der Waals surface area contributed by atoms with Crippen molar-refractivity contribution in [3.63, 3.8) is 0 Å². The van der Waals surface area contributed by atoms with Gasteiger partial charge < -0.3 is 14.2 Å². The molecule has 0 saturated heterocycles. The number of halogens is 1. The first-order chi connectivity index (χ1) is 13.6. The molecule has 2 rings (SSSR count). The van der Waals surface area contributed by atoms with Crippen LogP contribution in [0.1, 0.15) is 62.7 Å². The Labute approximate surface area is 166 Å². The number of carbonyl (C=O) groups excluding carboxylic acids is 1. The maximum Gasteiger partial charge on any atom is 0.343 e. The molecule has 0 spiro atoms. The zero-order valence-corrected chi connectivity index (χ0v) is 16.7. The van der Waals surface area contributed by atoms with Crippen molar-refractivity contribution < 1.29 is 23.4 Å². The highest BCUT2D eigenvalue weighted by Gasteiger charge is 2.11. The smallest absolute Gasteiger partial charge is 0.343 e. The van der Waals surface area contributed by atoms with Crippen molar-refractivity contribution in [1.29, 1.82) is 0 Å². The van der Waals surface area contributed by atoms with Crippen LogP contribution >= 0.6 is 0 Å². The van der Waals surface area contributed by atoms with Gasteiger partial charge in [-0.3, -0.25) is 0 Å². The lowest BCUT2D eigenvalue weighted by Gasteiger charge is -2.10. The normalized spacial score (nSPS) is 10.5. The van der Waals surface area contributed by atoms with E-state index < -0.39 is 11.8 Å². The van der Waals surface area contributed by atoms with E-state index in [0.29, 0.717) is 24.5 Å². The van der Waals surface area contributed by atoms with E-state index in [2.05, 4.69) is 6.92 Å². The summed E-state index contributed by atoms with van der Waals surface area (Å²) in [4.78, 5) is 12.2. The standard InChI is InChI=1S/C23H29FO4/c1-3-5-6-7-8-16-27-22-14-13-20(17-21(22)24)28-23(25)18-9-11-19(12-10-18)26-15-4-2/h9-14,17H,3-8,15-16H2,1-2H3. The summed E-state index contributed by atoms with van der Waals surface area (Å²) in [5.41, 5.74) is 0.372. The number of esters is 1. The highest BCUT2D eigenvalue weighted by Crippen LogP contribution is 2.24. The predicted octanol–water partition coefficient (Wildman–Crippen LogP) is 6.18. The van der Waals surface area contributed by atoms with Crippen molar-refractivity contribution in [3.05, 3.63) is 53.8 Å². The van der Waals surface area contributed by atoms with Crippen molar-refractivity contribution in [2.75, 3.05) is 13.2 Å². The average molecular weight is 388 g/mol. The second-order valence-corrected chi connectivity index (χ2v) is 6.62. The molecule has 0 aliphatic carbocycles. The van der Waals surface area contributed by atoms with E-state index in [1.54, 1.807) is 24.3 Å². The van der Waals surface area contributed by atoms with Gasteiger partial charge in [-0.2, -0.15) is 0 Å². The van der Waals surface area contributed by atoms with Crippen LogP contribution in [0.2, 0.25) is 0 Å². The number of hydrogen-bond donors (Lipinski definition) is 0. The molecule has 0 unspecified atom stereocenters. The van der Waals surface area contributed by atoms with Gasteiger partial charge in [0, 0.05) is 6.07 Å². The fraction of sp³-hybridized carbons (Fsp3) is 0.435. The Balaban J connectivity index is 1.85. The van der Waals surface area contributed by atoms with Gasteiger partial charge in [-0.15, -0.1) is 0 Å². The summed E-state index contributed by atoms with van der Waals surface area (Å²) < 4.78 is 30.4. The molecule has 0 radical (unpaired) electrons. The van der Waals surface area contributed by atoms with Crippen molar-refractivity contribution >= 4 is 5.97 Å². The van der Waals surface area contributed by atoms with Crippen LogP contribution in [-0.4, -0.2) is 19.2 Å². The fourth-order valence-electron chi connectivity index (χ4n) is 2.62. The summed E-state index contributed by atoms with van der Waals surface area (Å²) >= 11 is 0. The Kier molecular flexibility index (Phi) is 9.32. The van der Waals surface area contributed by atoms with Crippen LogP contribution in [0.15, 0.2) is 42.5 Å². The molecule has 4 nitrogen and oxygen atoms in total. The molecular formula is C23H29FO4. The van der Waals surface area contributed by atoms with Crippen molar-refractivity contribution in [1.82, 2.24) is 0 Å². The van der Waals surface area contributed by atoms with E-state index in [4.69, 9.17) is 14.2 Å². The minimum Gasteiger partial charge on any atom is -0.494 e. The Bertz CT molecular complexity index is 728. The molecule has 0 aliphatic rings. The number of carbonyl (C=O) groups is 1. The van der Waals surface area contributed by atoms with Gasteiger partial charge in [0.05, 0.1) is 18.8 Å². The highest BCUT2D eigenvalue weighted by atomic mass is 19.1. The third-order valence-corrected chi connectivity index (χ3v) is 4.18. The number of unbranched alkanes of at least 4 members (excludes halogenated alkanes) is 4. The van der Waals surface area contributed by atoms with Gasteiger partial charge in [0.15, 0.2) is 11.6 Å². The predicted molar refractivity (Wildman–Crippen MR) is 108 cm³/mol. The molecule has 0 aliphatic heterocycles. The van der Waals surface area contributed by atoms with Gasteiger partial charge in [0.1, 0.15) is 11.5 Å². The topological polar surface area (TPSA) is 44.8 Å². The molecule has 0 atom stereocenters. The SMILES string of the molecule is CCCCCCCOc1ccc(OC(=O)c2ccc(OCCC)cc2)cc1F. The molecule has 0 amide bonds. The zero-order chi connectivity index (χ0) is 20.2. The van der Waals surface area contributed by atoms with Gasteiger partial charge in [0.25, 0.3) is 0 Å². The minimum absolute atomic E-state index is 0.143. The third kappa shape index (κ3) is 7.22. The summed E-state index contributed by atoms with van der Waals surface area (Å²) in [5.74, 6) is -0.0781. The lowest BCUT2D eigenvalue weighted by Crippen LogP contribution is -2.09. The van der Waals surface area contributed by atoms with Gasteiger partial charge in [-0.25, -0.2) is 9.18 Å². The van der Waals surface area contributed by atoms with Gasteiger partial charge in [0.2, 0.25) is 0 Å². The molecule has 0 bridgehead atoms. The van der Waals surface area contributed by atoms with E-state index in [-0.39, 0.29) is 11.5 Å².